The van der Waals surface area contributed by atoms with E-state index in [-0.39, 0.29) is 12.6 Å². The molecule has 2 amide bonds. The van der Waals surface area contributed by atoms with Gasteiger partial charge in [0.2, 0.25) is 0 Å². The number of aliphatic hydroxyl groups is 1. The minimum Gasteiger partial charge on any atom is -0.383 e. The number of amides is 2. The summed E-state index contributed by atoms with van der Waals surface area (Å²) in [5.41, 5.74) is 0.444. The molecule has 2 aromatic rings. The van der Waals surface area contributed by atoms with Gasteiger partial charge < -0.3 is 10.4 Å². The summed E-state index contributed by atoms with van der Waals surface area (Å²) in [6.07, 6.45) is 4.31. The molecule has 0 saturated carbocycles. The van der Waals surface area contributed by atoms with Crippen LogP contribution in [0.2, 0.25) is 0 Å². The highest BCUT2D eigenvalue weighted by Gasteiger charge is 2.25. The maximum Gasteiger partial charge on any atom is 0.321 e. The van der Waals surface area contributed by atoms with Gasteiger partial charge in [-0.15, -0.1) is 11.3 Å². The highest BCUT2D eigenvalue weighted by Crippen LogP contribution is 2.24. The number of rotatable bonds is 6. The molecular weight excluding hydrogens is 314 g/mol. The van der Waals surface area contributed by atoms with E-state index >= 15 is 0 Å². The molecule has 0 aliphatic carbocycles. The third kappa shape index (κ3) is 4.52. The highest BCUT2D eigenvalue weighted by atomic mass is 32.1. The highest BCUT2D eigenvalue weighted by molar-refractivity contribution is 7.13. The molecule has 2 heterocycles. The lowest BCUT2D eigenvalue weighted by Gasteiger charge is -2.22. The van der Waals surface area contributed by atoms with Gasteiger partial charge in [-0.2, -0.15) is 5.10 Å². The van der Waals surface area contributed by atoms with Crippen LogP contribution in [-0.4, -0.2) is 32.4 Å². The first-order valence-corrected chi connectivity index (χ1v) is 8.41. The molecule has 0 aromatic carbocycles. The predicted molar refractivity (Wildman–Crippen MR) is 90.6 cm³/mol. The summed E-state index contributed by atoms with van der Waals surface area (Å²) in [7, 11) is 1.77. The lowest BCUT2D eigenvalue weighted by molar-refractivity contribution is 0.0599. The number of carbonyl (C=O) groups excluding carboxylic acids is 1. The topological polar surface area (TPSA) is 92.1 Å². The fourth-order valence-corrected chi connectivity index (χ4v) is 2.80. The number of aryl methyl sites for hydroxylation is 1. The van der Waals surface area contributed by atoms with E-state index < -0.39 is 5.60 Å². The summed E-state index contributed by atoms with van der Waals surface area (Å²) in [6, 6.07) is -0.390. The smallest absolute Gasteiger partial charge is 0.321 e. The van der Waals surface area contributed by atoms with Crippen LogP contribution in [0.4, 0.5) is 9.93 Å². The van der Waals surface area contributed by atoms with Crippen molar-refractivity contribution in [1.29, 1.82) is 0 Å². The zero-order valence-corrected chi connectivity index (χ0v) is 14.6. The summed E-state index contributed by atoms with van der Waals surface area (Å²) in [6.45, 7) is 5.91. The van der Waals surface area contributed by atoms with Crippen molar-refractivity contribution in [3.63, 3.8) is 0 Å². The molecule has 2 atom stereocenters. The van der Waals surface area contributed by atoms with Crippen LogP contribution in [0.3, 0.4) is 0 Å². The van der Waals surface area contributed by atoms with Crippen LogP contribution in [0.25, 0.3) is 0 Å². The van der Waals surface area contributed by atoms with Crippen molar-refractivity contribution in [3.8, 4) is 0 Å². The number of hydrogen-bond acceptors (Lipinski definition) is 5. The molecular formula is C15H23N5O2S. The monoisotopic (exact) mass is 337 g/mol. The van der Waals surface area contributed by atoms with Crippen molar-refractivity contribution in [2.24, 2.45) is 7.05 Å². The lowest BCUT2D eigenvalue weighted by Crippen LogP contribution is -2.40. The van der Waals surface area contributed by atoms with E-state index in [2.05, 4.69) is 34.6 Å². The molecule has 0 spiro atoms. The van der Waals surface area contributed by atoms with Crippen LogP contribution in [0.15, 0.2) is 17.8 Å². The zero-order chi connectivity index (χ0) is 17.0. The standard InChI is InChI=1S/C15H23N5O2S/c1-5-10(2)12-8-23-14(18-12)19-13(21)16-9-15(3,22)11-6-17-20(4)7-11/h6-8,10,22H,5,9H2,1-4H3,(H2,16,18,19,21). The summed E-state index contributed by atoms with van der Waals surface area (Å²) >= 11 is 1.40. The number of carbonyl (C=O) groups is 1. The number of nitrogens with one attached hydrogen (secondary N) is 2. The Hall–Kier alpha value is -1.93. The SMILES string of the molecule is CCC(C)c1csc(NC(=O)NCC(C)(O)c2cnn(C)c2)n1. The van der Waals surface area contributed by atoms with Gasteiger partial charge in [-0.1, -0.05) is 13.8 Å². The van der Waals surface area contributed by atoms with Gasteiger partial charge in [-0.05, 0) is 19.3 Å². The molecule has 23 heavy (non-hydrogen) atoms. The molecule has 7 nitrogen and oxygen atoms in total. The third-order valence-electron chi connectivity index (χ3n) is 3.78. The van der Waals surface area contributed by atoms with Crippen LogP contribution in [0, 0.1) is 0 Å². The molecule has 0 bridgehead atoms. The molecule has 8 heteroatoms. The number of thiazole rings is 1. The van der Waals surface area contributed by atoms with Gasteiger partial charge in [-0.25, -0.2) is 9.78 Å². The number of aromatic nitrogens is 3. The minimum atomic E-state index is -1.18. The van der Waals surface area contributed by atoms with Crippen LogP contribution in [-0.2, 0) is 12.6 Å². The Morgan fingerprint density at radius 3 is 2.91 bits per heavy atom. The lowest BCUT2D eigenvalue weighted by atomic mass is 10.00. The van der Waals surface area contributed by atoms with Gasteiger partial charge in [0.25, 0.3) is 0 Å². The van der Waals surface area contributed by atoms with Crippen molar-refractivity contribution in [1.82, 2.24) is 20.1 Å². The van der Waals surface area contributed by atoms with E-state index in [1.807, 2.05) is 5.38 Å². The first-order chi connectivity index (χ1) is 10.8. The van der Waals surface area contributed by atoms with E-state index in [9.17, 15) is 9.90 Å². The maximum atomic E-state index is 12.0. The Kier molecular flexibility index (Phi) is 5.38. The third-order valence-corrected chi connectivity index (χ3v) is 4.56. The second-order valence-electron chi connectivity index (χ2n) is 5.87. The normalized spacial score (nSPS) is 15.0. The van der Waals surface area contributed by atoms with Gasteiger partial charge >= 0.3 is 6.03 Å². The average Bonchev–Trinajstić information content (AvgIpc) is 3.14. The summed E-state index contributed by atoms with van der Waals surface area (Å²) < 4.78 is 1.61. The van der Waals surface area contributed by atoms with Crippen molar-refractivity contribution < 1.29 is 9.90 Å². The van der Waals surface area contributed by atoms with E-state index in [1.54, 1.807) is 31.0 Å². The fraction of sp³-hybridized carbons (Fsp3) is 0.533. The maximum absolute atomic E-state index is 12.0. The predicted octanol–water partition coefficient (Wildman–Crippen LogP) is 2.42. The average molecular weight is 337 g/mol. The summed E-state index contributed by atoms with van der Waals surface area (Å²) in [5.74, 6) is 0.371. The van der Waals surface area contributed by atoms with Crippen LogP contribution < -0.4 is 10.6 Å². The molecule has 0 saturated heterocycles. The molecule has 0 fully saturated rings. The van der Waals surface area contributed by atoms with E-state index in [0.29, 0.717) is 16.6 Å². The second-order valence-corrected chi connectivity index (χ2v) is 6.73. The van der Waals surface area contributed by atoms with E-state index in [0.717, 1.165) is 12.1 Å². The van der Waals surface area contributed by atoms with Gasteiger partial charge in [0.05, 0.1) is 18.4 Å². The molecule has 2 rings (SSSR count). The van der Waals surface area contributed by atoms with Crippen molar-refractivity contribution in [2.75, 3.05) is 11.9 Å². The first kappa shape index (κ1) is 17.4. The molecule has 3 N–H and O–H groups in total. The Balaban J connectivity index is 1.88. The minimum absolute atomic E-state index is 0.0775. The van der Waals surface area contributed by atoms with Gasteiger partial charge in [0.1, 0.15) is 5.60 Å². The van der Waals surface area contributed by atoms with Gasteiger partial charge in [0, 0.05) is 24.2 Å². The van der Waals surface area contributed by atoms with Crippen molar-refractivity contribution >= 4 is 22.5 Å². The molecule has 2 unspecified atom stereocenters. The number of nitrogens with zero attached hydrogens (tertiary/aromatic N) is 3. The van der Waals surface area contributed by atoms with E-state index in [1.165, 1.54) is 11.3 Å². The Morgan fingerprint density at radius 2 is 2.30 bits per heavy atom. The quantitative estimate of drug-likeness (QED) is 0.755. The van der Waals surface area contributed by atoms with E-state index in [4.69, 9.17) is 0 Å². The van der Waals surface area contributed by atoms with Crippen molar-refractivity contribution in [2.45, 2.75) is 38.7 Å². The largest absolute Gasteiger partial charge is 0.383 e. The molecule has 0 radical (unpaired) electrons. The second kappa shape index (κ2) is 7.10. The number of urea groups is 1. The Bertz CT molecular complexity index is 664. The molecule has 0 aliphatic rings. The molecule has 2 aromatic heterocycles. The Morgan fingerprint density at radius 1 is 1.57 bits per heavy atom. The number of hydrogen-bond donors (Lipinski definition) is 3. The fourth-order valence-electron chi connectivity index (χ4n) is 1.97. The number of anilines is 1. The molecule has 126 valence electrons. The van der Waals surface area contributed by atoms with Gasteiger partial charge in [-0.3, -0.25) is 10.00 Å². The van der Waals surface area contributed by atoms with Crippen LogP contribution >= 0.6 is 11.3 Å². The summed E-state index contributed by atoms with van der Waals surface area (Å²) in [4.78, 5) is 16.4. The first-order valence-electron chi connectivity index (χ1n) is 7.53. The van der Waals surface area contributed by atoms with Crippen LogP contribution in [0.1, 0.15) is 44.4 Å². The zero-order valence-electron chi connectivity index (χ0n) is 13.8. The Labute approximate surface area is 139 Å². The van der Waals surface area contributed by atoms with Crippen molar-refractivity contribution in [3.05, 3.63) is 29.0 Å². The van der Waals surface area contributed by atoms with Crippen LogP contribution in [0.5, 0.6) is 0 Å². The van der Waals surface area contributed by atoms with Gasteiger partial charge in [0.15, 0.2) is 5.13 Å². The molecule has 0 aliphatic heterocycles. The summed E-state index contributed by atoms with van der Waals surface area (Å²) in [5, 5.41) is 22.3.